The van der Waals surface area contributed by atoms with Crippen LogP contribution >= 0.6 is 0 Å². The highest BCUT2D eigenvalue weighted by molar-refractivity contribution is 6.07. The number of hydrogen-bond donors (Lipinski definition) is 2. The summed E-state index contributed by atoms with van der Waals surface area (Å²) in [6.07, 6.45) is -0.250. The van der Waals surface area contributed by atoms with Crippen molar-refractivity contribution in [2.45, 2.75) is 33.8 Å². The number of aryl methyl sites for hydroxylation is 1. The number of carbonyl (C=O) groups is 3. The molecule has 7 nitrogen and oxygen atoms in total. The molecular weight excluding hydrogens is 346 g/mol. The van der Waals surface area contributed by atoms with Crippen molar-refractivity contribution in [3.8, 4) is 0 Å². The summed E-state index contributed by atoms with van der Waals surface area (Å²) in [5.41, 5.74) is 2.71. The predicted octanol–water partition coefficient (Wildman–Crippen LogP) is 3.15. The molecule has 0 saturated heterocycles. The lowest BCUT2D eigenvalue weighted by molar-refractivity contribution is 0.0376. The van der Waals surface area contributed by atoms with Crippen LogP contribution in [0.15, 0.2) is 24.3 Å². The molecule has 0 saturated carbocycles. The molecular formula is C20H25N3O4. The maximum Gasteiger partial charge on any atom is 0.340 e. The molecule has 2 aromatic rings. The molecule has 0 aliphatic heterocycles. The van der Waals surface area contributed by atoms with Crippen molar-refractivity contribution in [1.82, 2.24) is 9.88 Å². The number of esters is 1. The van der Waals surface area contributed by atoms with Crippen molar-refractivity contribution >= 4 is 23.5 Å². The molecule has 0 unspecified atom stereocenters. The summed E-state index contributed by atoms with van der Waals surface area (Å²) in [5, 5.41) is 2.76. The van der Waals surface area contributed by atoms with Crippen LogP contribution in [0.3, 0.4) is 0 Å². The second-order valence-electron chi connectivity index (χ2n) is 6.81. The summed E-state index contributed by atoms with van der Waals surface area (Å²) < 4.78 is 5.24. The number of aromatic amines is 1. The average Bonchev–Trinajstić information content (AvgIpc) is 2.88. The first-order chi connectivity index (χ1) is 12.6. The Kier molecular flexibility index (Phi) is 6.05. The first-order valence-electron chi connectivity index (χ1n) is 8.65. The van der Waals surface area contributed by atoms with E-state index in [0.717, 1.165) is 0 Å². The minimum absolute atomic E-state index is 0.156. The van der Waals surface area contributed by atoms with Gasteiger partial charge in [-0.25, -0.2) is 4.79 Å². The van der Waals surface area contributed by atoms with Gasteiger partial charge in [0.1, 0.15) is 5.69 Å². The number of nitrogens with one attached hydrogen (secondary N) is 2. The van der Waals surface area contributed by atoms with Crippen molar-refractivity contribution in [3.05, 3.63) is 52.3 Å². The fraction of sp³-hybridized carbons (Fsp3) is 0.350. The largest absolute Gasteiger partial charge is 0.459 e. The van der Waals surface area contributed by atoms with Crippen molar-refractivity contribution in [2.24, 2.45) is 0 Å². The maximum atomic E-state index is 12.7. The zero-order valence-electron chi connectivity index (χ0n) is 16.5. The number of ether oxygens (including phenoxy) is 1. The van der Waals surface area contributed by atoms with Crippen LogP contribution in [0.2, 0.25) is 0 Å². The van der Waals surface area contributed by atoms with Gasteiger partial charge in [-0.1, -0.05) is 6.07 Å². The SMILES string of the molecule is Cc1[nH]c(C(=O)Nc2cccc(C(=O)N(C)C)c2)c(C)c1C(=O)OC(C)C. The number of aromatic nitrogens is 1. The van der Waals surface area contributed by atoms with Crippen molar-refractivity contribution in [1.29, 1.82) is 0 Å². The highest BCUT2D eigenvalue weighted by Gasteiger charge is 2.23. The Hall–Kier alpha value is -3.09. The fourth-order valence-electron chi connectivity index (χ4n) is 2.74. The van der Waals surface area contributed by atoms with Crippen LogP contribution in [0.1, 0.15) is 56.3 Å². The summed E-state index contributed by atoms with van der Waals surface area (Å²) in [6, 6.07) is 6.69. The van der Waals surface area contributed by atoms with Gasteiger partial charge >= 0.3 is 5.97 Å². The van der Waals surface area contributed by atoms with Crippen molar-refractivity contribution in [2.75, 3.05) is 19.4 Å². The fourth-order valence-corrected chi connectivity index (χ4v) is 2.74. The van der Waals surface area contributed by atoms with Gasteiger partial charge in [0, 0.05) is 31.0 Å². The van der Waals surface area contributed by atoms with Crippen LogP contribution in [-0.4, -0.2) is 47.9 Å². The van der Waals surface area contributed by atoms with Crippen LogP contribution in [0.25, 0.3) is 0 Å². The lowest BCUT2D eigenvalue weighted by Crippen LogP contribution is -2.22. The third-order valence-corrected chi connectivity index (χ3v) is 3.98. The van der Waals surface area contributed by atoms with E-state index in [1.165, 1.54) is 4.90 Å². The molecule has 0 spiro atoms. The predicted molar refractivity (Wildman–Crippen MR) is 103 cm³/mol. The van der Waals surface area contributed by atoms with Crippen LogP contribution in [0, 0.1) is 13.8 Å². The number of H-pyrrole nitrogens is 1. The maximum absolute atomic E-state index is 12.7. The Balaban J connectivity index is 2.26. The molecule has 0 bridgehead atoms. The zero-order chi connectivity index (χ0) is 20.3. The average molecular weight is 371 g/mol. The Labute approximate surface area is 158 Å². The standard InChI is InChI=1S/C20H25N3O4/c1-11(2)27-20(26)16-12(3)17(21-13(16)4)18(24)22-15-9-7-8-14(10-15)19(25)23(5)6/h7-11,21H,1-6H3,(H,22,24). The van der Waals surface area contributed by atoms with E-state index in [2.05, 4.69) is 10.3 Å². The molecule has 144 valence electrons. The number of nitrogens with zero attached hydrogens (tertiary/aromatic N) is 1. The normalized spacial score (nSPS) is 10.6. The van der Waals surface area contributed by atoms with Crippen molar-refractivity contribution < 1.29 is 19.1 Å². The Morgan fingerprint density at radius 3 is 2.41 bits per heavy atom. The van der Waals surface area contributed by atoms with Crippen LogP contribution in [-0.2, 0) is 4.74 Å². The van der Waals surface area contributed by atoms with Gasteiger partial charge in [0.25, 0.3) is 11.8 Å². The minimum Gasteiger partial charge on any atom is -0.459 e. The summed E-state index contributed by atoms with van der Waals surface area (Å²) >= 11 is 0. The number of amides is 2. The van der Waals surface area contributed by atoms with E-state index in [-0.39, 0.29) is 17.7 Å². The molecule has 2 N–H and O–H groups in total. The van der Waals surface area contributed by atoms with Gasteiger partial charge in [-0.2, -0.15) is 0 Å². The molecule has 0 aliphatic carbocycles. The van der Waals surface area contributed by atoms with Gasteiger partial charge in [0.15, 0.2) is 0 Å². The van der Waals surface area contributed by atoms with Gasteiger partial charge in [0.05, 0.1) is 11.7 Å². The second-order valence-corrected chi connectivity index (χ2v) is 6.81. The van der Waals surface area contributed by atoms with Crippen LogP contribution in [0.5, 0.6) is 0 Å². The molecule has 27 heavy (non-hydrogen) atoms. The Bertz CT molecular complexity index is 881. The zero-order valence-corrected chi connectivity index (χ0v) is 16.5. The van der Waals surface area contributed by atoms with Crippen molar-refractivity contribution in [3.63, 3.8) is 0 Å². The van der Waals surface area contributed by atoms with E-state index in [0.29, 0.717) is 28.1 Å². The highest BCUT2D eigenvalue weighted by Crippen LogP contribution is 2.21. The van der Waals surface area contributed by atoms with Gasteiger partial charge < -0.3 is 19.9 Å². The molecule has 0 aliphatic rings. The summed E-state index contributed by atoms with van der Waals surface area (Å²) in [4.78, 5) is 41.4. The Morgan fingerprint density at radius 2 is 1.81 bits per heavy atom. The molecule has 7 heteroatoms. The topological polar surface area (TPSA) is 91.5 Å². The summed E-state index contributed by atoms with van der Waals surface area (Å²) in [6.45, 7) is 6.95. The lowest BCUT2D eigenvalue weighted by Gasteiger charge is -2.11. The number of rotatable bonds is 5. The molecule has 0 fully saturated rings. The van der Waals surface area contributed by atoms with Gasteiger partial charge in [-0.3, -0.25) is 9.59 Å². The summed E-state index contributed by atoms with van der Waals surface area (Å²) in [7, 11) is 3.33. The number of benzene rings is 1. The first-order valence-corrected chi connectivity index (χ1v) is 8.65. The van der Waals surface area contributed by atoms with Gasteiger partial charge in [-0.15, -0.1) is 0 Å². The molecule has 2 rings (SSSR count). The minimum atomic E-state index is -0.464. The van der Waals surface area contributed by atoms with Crippen LogP contribution < -0.4 is 5.32 Å². The number of carbonyl (C=O) groups excluding carboxylic acids is 3. The first kappa shape index (κ1) is 20.2. The quantitative estimate of drug-likeness (QED) is 0.790. The Morgan fingerprint density at radius 1 is 1.15 bits per heavy atom. The van der Waals surface area contributed by atoms with E-state index in [1.807, 2.05) is 0 Å². The van der Waals surface area contributed by atoms with Gasteiger partial charge in [0.2, 0.25) is 0 Å². The van der Waals surface area contributed by atoms with E-state index in [9.17, 15) is 14.4 Å². The lowest BCUT2D eigenvalue weighted by atomic mass is 10.1. The monoisotopic (exact) mass is 371 g/mol. The van der Waals surface area contributed by atoms with E-state index < -0.39 is 11.9 Å². The third kappa shape index (κ3) is 4.55. The second kappa shape index (κ2) is 8.07. The highest BCUT2D eigenvalue weighted by atomic mass is 16.5. The third-order valence-electron chi connectivity index (χ3n) is 3.98. The molecule has 2 amide bonds. The van der Waals surface area contributed by atoms with E-state index in [4.69, 9.17) is 4.74 Å². The molecule has 0 atom stereocenters. The number of anilines is 1. The molecule has 1 aromatic carbocycles. The molecule has 1 heterocycles. The molecule has 1 aromatic heterocycles. The smallest absolute Gasteiger partial charge is 0.340 e. The van der Waals surface area contributed by atoms with E-state index >= 15 is 0 Å². The number of hydrogen-bond acceptors (Lipinski definition) is 4. The molecule has 0 radical (unpaired) electrons. The van der Waals surface area contributed by atoms with Crippen LogP contribution in [0.4, 0.5) is 5.69 Å². The summed E-state index contributed by atoms with van der Waals surface area (Å²) in [5.74, 6) is -1.01. The van der Waals surface area contributed by atoms with Gasteiger partial charge in [-0.05, 0) is 51.5 Å². The van der Waals surface area contributed by atoms with E-state index in [1.54, 1.807) is 66.1 Å².